The van der Waals surface area contributed by atoms with Crippen molar-refractivity contribution in [2.75, 3.05) is 31.7 Å². The highest BCUT2D eigenvalue weighted by atomic mass is 16.5. The SMILES string of the molecule is CCOc1ccccc1/C=C/C(=O)OCC(=O)Nc1ccc2c(c1)OCCCO2. The summed E-state index contributed by atoms with van der Waals surface area (Å²) in [6.07, 6.45) is 3.66. The minimum atomic E-state index is -0.620. The average Bonchev–Trinajstić information content (AvgIpc) is 2.97. The summed E-state index contributed by atoms with van der Waals surface area (Å²) in [6, 6.07) is 12.5. The summed E-state index contributed by atoms with van der Waals surface area (Å²) in [5.74, 6) is 0.824. The van der Waals surface area contributed by atoms with Crippen LogP contribution in [0, 0.1) is 0 Å². The van der Waals surface area contributed by atoms with E-state index in [1.807, 2.05) is 31.2 Å². The standard InChI is InChI=1S/C22H23NO6/c1-2-26-18-7-4-3-6-16(18)8-11-22(25)29-15-21(24)23-17-9-10-19-20(14-17)28-13-5-12-27-19/h3-4,6-11,14H,2,5,12-13,15H2,1H3,(H,23,24)/b11-8+. The molecule has 1 aliphatic heterocycles. The molecule has 1 heterocycles. The summed E-state index contributed by atoms with van der Waals surface area (Å²) in [5.41, 5.74) is 1.29. The second kappa shape index (κ2) is 10.2. The first-order chi connectivity index (χ1) is 14.2. The summed E-state index contributed by atoms with van der Waals surface area (Å²) in [5, 5.41) is 2.67. The van der Waals surface area contributed by atoms with Gasteiger partial charge in [-0.3, -0.25) is 4.79 Å². The molecule has 0 saturated carbocycles. The van der Waals surface area contributed by atoms with Crippen LogP contribution in [-0.4, -0.2) is 38.3 Å². The Balaban J connectivity index is 1.50. The molecule has 29 heavy (non-hydrogen) atoms. The number of amides is 1. The van der Waals surface area contributed by atoms with E-state index < -0.39 is 18.5 Å². The van der Waals surface area contributed by atoms with Crippen molar-refractivity contribution in [2.24, 2.45) is 0 Å². The number of rotatable bonds is 7. The summed E-state index contributed by atoms with van der Waals surface area (Å²) < 4.78 is 21.6. The van der Waals surface area contributed by atoms with Crippen molar-refractivity contribution in [1.82, 2.24) is 0 Å². The number of hydrogen-bond acceptors (Lipinski definition) is 6. The third-order valence-corrected chi connectivity index (χ3v) is 3.99. The Hall–Kier alpha value is -3.48. The van der Waals surface area contributed by atoms with Gasteiger partial charge in [0.2, 0.25) is 0 Å². The molecule has 0 saturated heterocycles. The van der Waals surface area contributed by atoms with Crippen molar-refractivity contribution in [1.29, 1.82) is 0 Å². The first kappa shape index (κ1) is 20.3. The van der Waals surface area contributed by atoms with E-state index in [0.717, 1.165) is 12.0 Å². The van der Waals surface area contributed by atoms with Crippen LogP contribution in [0.15, 0.2) is 48.5 Å². The lowest BCUT2D eigenvalue weighted by Crippen LogP contribution is -2.20. The molecule has 2 aromatic rings. The molecule has 2 aromatic carbocycles. The fraction of sp³-hybridized carbons (Fsp3) is 0.273. The Morgan fingerprint density at radius 1 is 1.10 bits per heavy atom. The van der Waals surface area contributed by atoms with Gasteiger partial charge in [0.05, 0.1) is 19.8 Å². The van der Waals surface area contributed by atoms with Crippen LogP contribution in [0.25, 0.3) is 6.08 Å². The average molecular weight is 397 g/mol. The van der Waals surface area contributed by atoms with E-state index in [1.54, 1.807) is 24.3 Å². The number of esters is 1. The van der Waals surface area contributed by atoms with Crippen LogP contribution in [0.3, 0.4) is 0 Å². The zero-order valence-corrected chi connectivity index (χ0v) is 16.2. The quantitative estimate of drug-likeness (QED) is 0.569. The molecule has 0 unspecified atom stereocenters. The van der Waals surface area contributed by atoms with Crippen molar-refractivity contribution in [3.8, 4) is 17.2 Å². The minimum Gasteiger partial charge on any atom is -0.493 e. The van der Waals surface area contributed by atoms with E-state index >= 15 is 0 Å². The summed E-state index contributed by atoms with van der Waals surface area (Å²) in [7, 11) is 0. The number of carbonyl (C=O) groups is 2. The fourth-order valence-electron chi connectivity index (χ4n) is 2.69. The molecule has 7 heteroatoms. The largest absolute Gasteiger partial charge is 0.493 e. The zero-order valence-electron chi connectivity index (χ0n) is 16.2. The number of ether oxygens (including phenoxy) is 4. The van der Waals surface area contributed by atoms with Gasteiger partial charge in [-0.05, 0) is 31.2 Å². The second-order valence-electron chi connectivity index (χ2n) is 6.17. The first-order valence-electron chi connectivity index (χ1n) is 9.42. The highest BCUT2D eigenvalue weighted by Crippen LogP contribution is 2.32. The van der Waals surface area contributed by atoms with Crippen molar-refractivity contribution in [3.05, 3.63) is 54.1 Å². The van der Waals surface area contributed by atoms with Crippen LogP contribution in [0.1, 0.15) is 18.9 Å². The monoisotopic (exact) mass is 397 g/mol. The lowest BCUT2D eigenvalue weighted by atomic mass is 10.2. The number of benzene rings is 2. The van der Waals surface area contributed by atoms with Crippen molar-refractivity contribution in [3.63, 3.8) is 0 Å². The smallest absolute Gasteiger partial charge is 0.331 e. The van der Waals surface area contributed by atoms with Crippen LogP contribution in [0.2, 0.25) is 0 Å². The van der Waals surface area contributed by atoms with Gasteiger partial charge in [-0.15, -0.1) is 0 Å². The van der Waals surface area contributed by atoms with Crippen LogP contribution in [0.5, 0.6) is 17.2 Å². The fourth-order valence-corrected chi connectivity index (χ4v) is 2.69. The summed E-state index contributed by atoms with van der Waals surface area (Å²) in [6.45, 7) is 3.16. The van der Waals surface area contributed by atoms with Crippen LogP contribution in [-0.2, 0) is 14.3 Å². The highest BCUT2D eigenvalue weighted by Gasteiger charge is 2.12. The molecule has 0 atom stereocenters. The predicted octanol–water partition coefficient (Wildman–Crippen LogP) is 3.44. The topological polar surface area (TPSA) is 83.1 Å². The third kappa shape index (κ3) is 6.00. The predicted molar refractivity (Wildman–Crippen MR) is 108 cm³/mol. The third-order valence-electron chi connectivity index (χ3n) is 3.99. The maximum Gasteiger partial charge on any atom is 0.331 e. The molecule has 0 fully saturated rings. The molecule has 152 valence electrons. The molecule has 0 radical (unpaired) electrons. The van der Waals surface area contributed by atoms with Gasteiger partial charge in [0, 0.05) is 29.8 Å². The van der Waals surface area contributed by atoms with E-state index in [1.165, 1.54) is 6.08 Å². The Bertz CT molecular complexity index is 893. The molecule has 0 aliphatic carbocycles. The molecule has 0 aromatic heterocycles. The molecule has 1 N–H and O–H groups in total. The van der Waals surface area contributed by atoms with E-state index in [2.05, 4.69) is 5.32 Å². The number of carbonyl (C=O) groups excluding carboxylic acids is 2. The number of para-hydroxylation sites is 1. The van der Waals surface area contributed by atoms with E-state index in [9.17, 15) is 9.59 Å². The van der Waals surface area contributed by atoms with Gasteiger partial charge >= 0.3 is 5.97 Å². The molecule has 7 nitrogen and oxygen atoms in total. The summed E-state index contributed by atoms with van der Waals surface area (Å²) >= 11 is 0. The normalized spacial score (nSPS) is 12.9. The van der Waals surface area contributed by atoms with E-state index in [0.29, 0.717) is 42.8 Å². The molecule has 1 amide bonds. The van der Waals surface area contributed by atoms with Gasteiger partial charge < -0.3 is 24.3 Å². The van der Waals surface area contributed by atoms with Crippen LogP contribution >= 0.6 is 0 Å². The first-order valence-corrected chi connectivity index (χ1v) is 9.42. The Kier molecular flexibility index (Phi) is 7.10. The minimum absolute atomic E-state index is 0.398. The highest BCUT2D eigenvalue weighted by molar-refractivity contribution is 5.95. The van der Waals surface area contributed by atoms with Crippen LogP contribution in [0.4, 0.5) is 5.69 Å². The van der Waals surface area contributed by atoms with Gasteiger partial charge in [-0.25, -0.2) is 4.79 Å². The Morgan fingerprint density at radius 2 is 1.90 bits per heavy atom. The lowest BCUT2D eigenvalue weighted by Gasteiger charge is -2.10. The molecular formula is C22H23NO6. The molecule has 3 rings (SSSR count). The van der Waals surface area contributed by atoms with Gasteiger partial charge in [-0.2, -0.15) is 0 Å². The second-order valence-corrected chi connectivity index (χ2v) is 6.17. The van der Waals surface area contributed by atoms with Crippen molar-refractivity contribution < 1.29 is 28.5 Å². The number of fused-ring (bicyclic) bond motifs is 1. The Morgan fingerprint density at radius 3 is 2.72 bits per heavy atom. The van der Waals surface area contributed by atoms with Gasteiger partial charge in [0.25, 0.3) is 5.91 Å². The number of hydrogen-bond donors (Lipinski definition) is 1. The molecule has 0 bridgehead atoms. The molecule has 0 spiro atoms. The molecular weight excluding hydrogens is 374 g/mol. The maximum absolute atomic E-state index is 12.1. The van der Waals surface area contributed by atoms with E-state index in [4.69, 9.17) is 18.9 Å². The molecule has 1 aliphatic rings. The number of anilines is 1. The Labute approximate surface area is 169 Å². The van der Waals surface area contributed by atoms with Gasteiger partial charge in [0.1, 0.15) is 5.75 Å². The number of nitrogens with one attached hydrogen (secondary N) is 1. The van der Waals surface area contributed by atoms with Crippen molar-refractivity contribution in [2.45, 2.75) is 13.3 Å². The van der Waals surface area contributed by atoms with Gasteiger partial charge in [-0.1, -0.05) is 18.2 Å². The van der Waals surface area contributed by atoms with Crippen LogP contribution < -0.4 is 19.5 Å². The maximum atomic E-state index is 12.1. The van der Waals surface area contributed by atoms with Crippen molar-refractivity contribution >= 4 is 23.6 Å². The van der Waals surface area contributed by atoms with E-state index in [-0.39, 0.29) is 0 Å². The van der Waals surface area contributed by atoms with Gasteiger partial charge in [0.15, 0.2) is 18.1 Å². The summed E-state index contributed by atoms with van der Waals surface area (Å²) in [4.78, 5) is 24.0. The lowest BCUT2D eigenvalue weighted by molar-refractivity contribution is -0.142. The zero-order chi connectivity index (χ0) is 20.5.